The Kier molecular flexibility index (Phi) is 3.81. The van der Waals surface area contributed by atoms with Crippen LogP contribution in [0.2, 0.25) is 0 Å². The molecular formula is C20H22N4. The number of benzene rings is 2. The van der Waals surface area contributed by atoms with E-state index in [1.54, 1.807) is 6.33 Å². The van der Waals surface area contributed by atoms with Crippen LogP contribution in [0.3, 0.4) is 0 Å². The zero-order valence-electron chi connectivity index (χ0n) is 14.1. The lowest BCUT2D eigenvalue weighted by Crippen LogP contribution is -2.28. The number of fused-ring (bicyclic) bond motifs is 1. The first-order chi connectivity index (χ1) is 11.8. The molecule has 0 radical (unpaired) electrons. The van der Waals surface area contributed by atoms with Crippen LogP contribution in [0.1, 0.15) is 47.7 Å². The second-order valence-corrected chi connectivity index (χ2v) is 6.43. The van der Waals surface area contributed by atoms with E-state index in [1.165, 1.54) is 22.3 Å². The van der Waals surface area contributed by atoms with Crippen LogP contribution in [0.5, 0.6) is 0 Å². The van der Waals surface area contributed by atoms with Crippen molar-refractivity contribution in [2.24, 2.45) is 0 Å². The zero-order chi connectivity index (χ0) is 16.5. The van der Waals surface area contributed by atoms with Crippen LogP contribution in [0, 0.1) is 6.92 Å². The van der Waals surface area contributed by atoms with Crippen molar-refractivity contribution in [3.63, 3.8) is 0 Å². The summed E-state index contributed by atoms with van der Waals surface area (Å²) in [6.07, 6.45) is 3.67. The minimum Gasteiger partial charge on any atom is -0.348 e. The van der Waals surface area contributed by atoms with Gasteiger partial charge in [-0.05, 0) is 42.0 Å². The molecule has 0 saturated heterocycles. The lowest BCUT2D eigenvalue weighted by atomic mass is 9.91. The Balaban J connectivity index is 1.72. The molecule has 0 amide bonds. The minimum absolute atomic E-state index is 0.209. The topological polar surface area (TPSA) is 42.7 Å². The summed E-state index contributed by atoms with van der Waals surface area (Å²) in [7, 11) is 0. The Labute approximate surface area is 142 Å². The average molecular weight is 318 g/mol. The molecule has 2 aromatic carbocycles. The predicted octanol–water partition coefficient (Wildman–Crippen LogP) is 4.30. The molecule has 1 aromatic heterocycles. The first-order valence-electron chi connectivity index (χ1n) is 8.56. The molecule has 122 valence electrons. The summed E-state index contributed by atoms with van der Waals surface area (Å²) in [5, 5.41) is 7.99. The molecule has 0 unspecified atom stereocenters. The third-order valence-electron chi connectivity index (χ3n) is 4.97. The highest BCUT2D eigenvalue weighted by Crippen LogP contribution is 2.38. The molecule has 0 spiro atoms. The van der Waals surface area contributed by atoms with Gasteiger partial charge in [0, 0.05) is 0 Å². The number of nitrogens with zero attached hydrogens (tertiary/aromatic N) is 3. The van der Waals surface area contributed by atoms with Crippen molar-refractivity contribution in [2.45, 2.75) is 38.8 Å². The van der Waals surface area contributed by atoms with Crippen LogP contribution in [-0.4, -0.2) is 14.8 Å². The van der Waals surface area contributed by atoms with Crippen molar-refractivity contribution in [1.29, 1.82) is 0 Å². The van der Waals surface area contributed by atoms with Gasteiger partial charge in [-0.1, -0.05) is 55.5 Å². The maximum absolute atomic E-state index is 4.45. The molecular weight excluding hydrogens is 296 g/mol. The van der Waals surface area contributed by atoms with Gasteiger partial charge in [-0.15, -0.1) is 0 Å². The number of aryl methyl sites for hydroxylation is 2. The number of anilines is 1. The van der Waals surface area contributed by atoms with Gasteiger partial charge in [0.25, 0.3) is 0 Å². The van der Waals surface area contributed by atoms with Gasteiger partial charge in [-0.3, -0.25) is 0 Å². The lowest BCUT2D eigenvalue weighted by molar-refractivity contribution is 0.429. The van der Waals surface area contributed by atoms with E-state index in [9.17, 15) is 0 Å². The van der Waals surface area contributed by atoms with Gasteiger partial charge < -0.3 is 5.32 Å². The highest BCUT2D eigenvalue weighted by molar-refractivity contribution is 5.40. The number of aromatic nitrogens is 3. The molecule has 1 N–H and O–H groups in total. The first kappa shape index (κ1) is 14.9. The van der Waals surface area contributed by atoms with Crippen molar-refractivity contribution in [2.75, 3.05) is 5.32 Å². The maximum Gasteiger partial charge on any atom is 0.222 e. The molecule has 0 saturated carbocycles. The summed E-state index contributed by atoms with van der Waals surface area (Å²) in [5.74, 6) is 0.846. The third-order valence-corrected chi connectivity index (χ3v) is 4.97. The van der Waals surface area contributed by atoms with Gasteiger partial charge in [0.15, 0.2) is 0 Å². The van der Waals surface area contributed by atoms with Gasteiger partial charge >= 0.3 is 0 Å². The highest BCUT2D eigenvalue weighted by atomic mass is 15.4. The predicted molar refractivity (Wildman–Crippen MR) is 96.1 cm³/mol. The molecule has 1 aliphatic heterocycles. The van der Waals surface area contributed by atoms with E-state index in [2.05, 4.69) is 77.8 Å². The van der Waals surface area contributed by atoms with Crippen LogP contribution in [-0.2, 0) is 6.42 Å². The monoisotopic (exact) mass is 318 g/mol. The summed E-state index contributed by atoms with van der Waals surface area (Å²) in [6, 6.07) is 17.9. The number of nitrogens with one attached hydrogen (secondary N) is 1. The average Bonchev–Trinajstić information content (AvgIpc) is 3.10. The van der Waals surface area contributed by atoms with Crippen molar-refractivity contribution < 1.29 is 0 Å². The molecule has 2 heterocycles. The van der Waals surface area contributed by atoms with E-state index in [0.29, 0.717) is 0 Å². The quantitative estimate of drug-likeness (QED) is 0.783. The van der Waals surface area contributed by atoms with Crippen molar-refractivity contribution in [1.82, 2.24) is 14.8 Å². The van der Waals surface area contributed by atoms with Crippen molar-refractivity contribution >= 4 is 5.95 Å². The summed E-state index contributed by atoms with van der Waals surface area (Å²) >= 11 is 0. The van der Waals surface area contributed by atoms with E-state index in [-0.39, 0.29) is 12.1 Å². The van der Waals surface area contributed by atoms with Gasteiger partial charge in [-0.2, -0.15) is 10.1 Å². The standard InChI is InChI=1S/C20H22N4/c1-3-15-8-10-16(11-9-15)18-12-19(17-7-5-4-6-14(17)2)24-20(23-18)21-13-22-24/h4-11,13,18-19H,3,12H2,1-2H3,(H,21,22,23)/t18-,19+/m0/s1. The molecule has 4 heteroatoms. The Morgan fingerprint density at radius 1 is 1.12 bits per heavy atom. The lowest BCUT2D eigenvalue weighted by Gasteiger charge is -2.32. The minimum atomic E-state index is 0.209. The maximum atomic E-state index is 4.45. The molecule has 1 aliphatic rings. The fraction of sp³-hybridized carbons (Fsp3) is 0.300. The van der Waals surface area contributed by atoms with Gasteiger partial charge in [0.2, 0.25) is 5.95 Å². The largest absolute Gasteiger partial charge is 0.348 e. The van der Waals surface area contributed by atoms with E-state index < -0.39 is 0 Å². The molecule has 0 bridgehead atoms. The highest BCUT2D eigenvalue weighted by Gasteiger charge is 2.30. The normalized spacial score (nSPS) is 19.6. The smallest absolute Gasteiger partial charge is 0.222 e. The first-order valence-corrected chi connectivity index (χ1v) is 8.56. The number of hydrogen-bond donors (Lipinski definition) is 1. The van der Waals surface area contributed by atoms with Gasteiger partial charge in [-0.25, -0.2) is 4.68 Å². The van der Waals surface area contributed by atoms with Crippen LogP contribution in [0.25, 0.3) is 0 Å². The van der Waals surface area contributed by atoms with Crippen LogP contribution < -0.4 is 5.32 Å². The van der Waals surface area contributed by atoms with Crippen LogP contribution in [0.4, 0.5) is 5.95 Å². The summed E-state index contributed by atoms with van der Waals surface area (Å²) in [4.78, 5) is 4.41. The molecule has 2 atom stereocenters. The SMILES string of the molecule is CCc1ccc([C@@H]2C[C@H](c3ccccc3C)n3ncnc3N2)cc1. The van der Waals surface area contributed by atoms with E-state index in [1.807, 2.05) is 4.68 Å². The van der Waals surface area contributed by atoms with Crippen molar-refractivity contribution in [3.8, 4) is 0 Å². The van der Waals surface area contributed by atoms with E-state index >= 15 is 0 Å². The molecule has 3 aromatic rings. The Hall–Kier alpha value is -2.62. The second-order valence-electron chi connectivity index (χ2n) is 6.43. The van der Waals surface area contributed by atoms with E-state index in [0.717, 1.165) is 18.8 Å². The summed E-state index contributed by atoms with van der Waals surface area (Å²) in [6.45, 7) is 4.35. The molecule has 24 heavy (non-hydrogen) atoms. The molecule has 4 nitrogen and oxygen atoms in total. The summed E-state index contributed by atoms with van der Waals surface area (Å²) in [5.41, 5.74) is 5.29. The second kappa shape index (κ2) is 6.11. The van der Waals surface area contributed by atoms with E-state index in [4.69, 9.17) is 0 Å². The Bertz CT molecular complexity index is 835. The zero-order valence-corrected chi connectivity index (χ0v) is 14.1. The Morgan fingerprint density at radius 2 is 1.92 bits per heavy atom. The number of rotatable bonds is 3. The van der Waals surface area contributed by atoms with Crippen LogP contribution >= 0.6 is 0 Å². The van der Waals surface area contributed by atoms with Gasteiger partial charge in [0.05, 0.1) is 12.1 Å². The fourth-order valence-corrected chi connectivity index (χ4v) is 3.54. The molecule has 0 aliphatic carbocycles. The molecule has 4 rings (SSSR count). The fourth-order valence-electron chi connectivity index (χ4n) is 3.54. The van der Waals surface area contributed by atoms with Gasteiger partial charge in [0.1, 0.15) is 6.33 Å². The molecule has 0 fully saturated rings. The summed E-state index contributed by atoms with van der Waals surface area (Å²) < 4.78 is 2.01. The number of hydrogen-bond acceptors (Lipinski definition) is 3. The third kappa shape index (κ3) is 2.58. The Morgan fingerprint density at radius 3 is 2.67 bits per heavy atom. The van der Waals surface area contributed by atoms with Crippen LogP contribution in [0.15, 0.2) is 54.9 Å². The van der Waals surface area contributed by atoms with Crippen molar-refractivity contribution in [3.05, 3.63) is 77.1 Å².